The predicted octanol–water partition coefficient (Wildman–Crippen LogP) is 1.94. The molecule has 0 saturated carbocycles. The highest BCUT2D eigenvalue weighted by molar-refractivity contribution is 5.93. The molecule has 116 valence electrons. The number of hydrogen-bond acceptors (Lipinski definition) is 3. The van der Waals surface area contributed by atoms with Crippen molar-refractivity contribution in [3.8, 4) is 0 Å². The first kappa shape index (κ1) is 15.4. The van der Waals surface area contributed by atoms with Crippen molar-refractivity contribution in [2.45, 2.75) is 32.7 Å². The zero-order chi connectivity index (χ0) is 15.2. The summed E-state index contributed by atoms with van der Waals surface area (Å²) in [6.45, 7) is 6.67. The highest BCUT2D eigenvalue weighted by Crippen LogP contribution is 2.14. The van der Waals surface area contributed by atoms with Gasteiger partial charge in [0.05, 0.1) is 11.8 Å². The molecule has 0 bridgehead atoms. The van der Waals surface area contributed by atoms with Crippen LogP contribution in [0.1, 0.15) is 37.0 Å². The minimum atomic E-state index is -0.0142. The van der Waals surface area contributed by atoms with E-state index in [-0.39, 0.29) is 18.0 Å². The van der Waals surface area contributed by atoms with Gasteiger partial charge < -0.3 is 19.5 Å². The average molecular weight is 293 g/mol. The summed E-state index contributed by atoms with van der Waals surface area (Å²) < 4.78 is 4.94. The van der Waals surface area contributed by atoms with Gasteiger partial charge in [-0.05, 0) is 32.8 Å². The molecular formula is C15H23N3O3. The van der Waals surface area contributed by atoms with Gasteiger partial charge in [0.1, 0.15) is 6.26 Å². The Labute approximate surface area is 125 Å². The number of piperidine rings is 1. The first-order valence-corrected chi connectivity index (χ1v) is 7.52. The molecule has 0 aromatic carbocycles. The molecule has 0 aliphatic carbocycles. The molecular weight excluding hydrogens is 270 g/mol. The van der Waals surface area contributed by atoms with Crippen LogP contribution in [0.2, 0.25) is 0 Å². The lowest BCUT2D eigenvalue weighted by Gasteiger charge is -2.33. The van der Waals surface area contributed by atoms with Gasteiger partial charge in [0, 0.05) is 32.2 Å². The summed E-state index contributed by atoms with van der Waals surface area (Å²) in [7, 11) is 0. The first-order valence-electron chi connectivity index (χ1n) is 7.52. The lowest BCUT2D eigenvalue weighted by atomic mass is 10.0. The monoisotopic (exact) mass is 293 g/mol. The van der Waals surface area contributed by atoms with Gasteiger partial charge in [0.25, 0.3) is 5.91 Å². The molecule has 3 amide bonds. The maximum atomic E-state index is 12.2. The molecule has 1 aromatic rings. The molecule has 0 atom stereocenters. The van der Waals surface area contributed by atoms with Crippen LogP contribution in [-0.4, -0.2) is 54.0 Å². The van der Waals surface area contributed by atoms with E-state index in [4.69, 9.17) is 4.42 Å². The molecule has 6 nitrogen and oxygen atoms in total. The summed E-state index contributed by atoms with van der Waals surface area (Å²) in [5.41, 5.74) is 0.584. The summed E-state index contributed by atoms with van der Waals surface area (Å²) in [4.78, 5) is 27.7. The second kappa shape index (κ2) is 7.15. The Balaban J connectivity index is 1.81. The van der Waals surface area contributed by atoms with E-state index in [1.807, 2.05) is 18.7 Å². The van der Waals surface area contributed by atoms with Crippen LogP contribution in [0.3, 0.4) is 0 Å². The highest BCUT2D eigenvalue weighted by Gasteiger charge is 2.25. The van der Waals surface area contributed by atoms with E-state index in [1.165, 1.54) is 12.5 Å². The molecule has 1 fully saturated rings. The summed E-state index contributed by atoms with van der Waals surface area (Å²) in [6.07, 6.45) is 4.55. The number of urea groups is 1. The van der Waals surface area contributed by atoms with Crippen molar-refractivity contribution >= 4 is 11.9 Å². The van der Waals surface area contributed by atoms with Crippen LogP contribution in [0.5, 0.6) is 0 Å². The third-order valence-corrected chi connectivity index (χ3v) is 3.93. The Kier molecular flexibility index (Phi) is 5.25. The van der Waals surface area contributed by atoms with Crippen molar-refractivity contribution in [3.63, 3.8) is 0 Å². The quantitative estimate of drug-likeness (QED) is 0.922. The van der Waals surface area contributed by atoms with Gasteiger partial charge >= 0.3 is 6.03 Å². The van der Waals surface area contributed by atoms with Crippen LogP contribution < -0.4 is 5.32 Å². The van der Waals surface area contributed by atoms with E-state index in [1.54, 1.807) is 11.0 Å². The van der Waals surface area contributed by atoms with Crippen molar-refractivity contribution in [1.82, 2.24) is 15.1 Å². The largest absolute Gasteiger partial charge is 0.472 e. The van der Waals surface area contributed by atoms with Crippen molar-refractivity contribution in [3.05, 3.63) is 24.2 Å². The third-order valence-electron chi connectivity index (χ3n) is 3.93. The highest BCUT2D eigenvalue weighted by atomic mass is 16.3. The topological polar surface area (TPSA) is 65.8 Å². The maximum Gasteiger partial charge on any atom is 0.317 e. The average Bonchev–Trinajstić information content (AvgIpc) is 3.03. The van der Waals surface area contributed by atoms with Crippen molar-refractivity contribution < 1.29 is 14.0 Å². The molecule has 1 saturated heterocycles. The molecule has 0 radical (unpaired) electrons. The number of carbonyl (C=O) groups excluding carboxylic acids is 2. The number of nitrogens with one attached hydrogen (secondary N) is 1. The van der Waals surface area contributed by atoms with E-state index in [0.29, 0.717) is 31.7 Å². The number of carbonyl (C=O) groups is 2. The second-order valence-electron chi connectivity index (χ2n) is 5.20. The predicted molar refractivity (Wildman–Crippen MR) is 79.1 cm³/mol. The van der Waals surface area contributed by atoms with E-state index >= 15 is 0 Å². The molecule has 1 aliphatic heterocycles. The van der Waals surface area contributed by atoms with Gasteiger partial charge in [-0.15, -0.1) is 0 Å². The summed E-state index contributed by atoms with van der Waals surface area (Å²) >= 11 is 0. The van der Waals surface area contributed by atoms with Crippen LogP contribution >= 0.6 is 0 Å². The van der Waals surface area contributed by atoms with Crippen LogP contribution in [0, 0.1) is 0 Å². The van der Waals surface area contributed by atoms with Crippen LogP contribution in [-0.2, 0) is 0 Å². The molecule has 2 heterocycles. The fourth-order valence-electron chi connectivity index (χ4n) is 2.57. The fourth-order valence-corrected chi connectivity index (χ4v) is 2.57. The Morgan fingerprint density at radius 3 is 2.52 bits per heavy atom. The lowest BCUT2D eigenvalue weighted by Crippen LogP contribution is -2.50. The molecule has 0 spiro atoms. The second-order valence-corrected chi connectivity index (χ2v) is 5.20. The van der Waals surface area contributed by atoms with Crippen molar-refractivity contribution in [2.75, 3.05) is 26.2 Å². The Morgan fingerprint density at radius 2 is 2.00 bits per heavy atom. The molecule has 1 aromatic heterocycles. The van der Waals surface area contributed by atoms with Gasteiger partial charge in [-0.2, -0.15) is 0 Å². The van der Waals surface area contributed by atoms with Crippen LogP contribution in [0.15, 0.2) is 23.0 Å². The van der Waals surface area contributed by atoms with E-state index in [9.17, 15) is 9.59 Å². The van der Waals surface area contributed by atoms with E-state index < -0.39 is 0 Å². The Morgan fingerprint density at radius 1 is 1.33 bits per heavy atom. The molecule has 21 heavy (non-hydrogen) atoms. The number of rotatable bonds is 4. The van der Waals surface area contributed by atoms with Gasteiger partial charge in [-0.1, -0.05) is 0 Å². The Hall–Kier alpha value is -1.98. The van der Waals surface area contributed by atoms with Gasteiger partial charge in [0.2, 0.25) is 0 Å². The summed E-state index contributed by atoms with van der Waals surface area (Å²) in [5, 5.41) is 3.05. The third kappa shape index (κ3) is 3.77. The minimum Gasteiger partial charge on any atom is -0.472 e. The number of likely N-dealkylation sites (tertiary alicyclic amines) is 1. The van der Waals surface area contributed by atoms with Crippen molar-refractivity contribution in [1.29, 1.82) is 0 Å². The van der Waals surface area contributed by atoms with Crippen LogP contribution in [0.4, 0.5) is 4.79 Å². The standard InChI is InChI=1S/C15H23N3O3/c1-3-17(4-2)15(20)16-13-5-8-18(9-6-13)14(19)12-7-10-21-11-12/h7,10-11,13H,3-6,8-9H2,1-2H3,(H,16,20). The molecule has 0 unspecified atom stereocenters. The zero-order valence-electron chi connectivity index (χ0n) is 12.7. The number of nitrogens with zero attached hydrogens (tertiary/aromatic N) is 2. The SMILES string of the molecule is CCN(CC)C(=O)NC1CCN(C(=O)c2ccoc2)CC1. The molecule has 1 N–H and O–H groups in total. The van der Waals surface area contributed by atoms with Gasteiger partial charge in [-0.25, -0.2) is 4.79 Å². The molecule has 1 aliphatic rings. The maximum absolute atomic E-state index is 12.2. The summed E-state index contributed by atoms with van der Waals surface area (Å²) in [5.74, 6) is -0.00253. The van der Waals surface area contributed by atoms with E-state index in [0.717, 1.165) is 12.8 Å². The number of furan rings is 1. The molecule has 6 heteroatoms. The lowest BCUT2D eigenvalue weighted by molar-refractivity contribution is 0.0706. The van der Waals surface area contributed by atoms with Gasteiger partial charge in [-0.3, -0.25) is 4.79 Å². The summed E-state index contributed by atoms with van der Waals surface area (Å²) in [6, 6.07) is 1.81. The smallest absolute Gasteiger partial charge is 0.317 e. The van der Waals surface area contributed by atoms with E-state index in [2.05, 4.69) is 5.32 Å². The minimum absolute atomic E-state index is 0.00253. The number of hydrogen-bond donors (Lipinski definition) is 1. The van der Waals surface area contributed by atoms with Crippen molar-refractivity contribution in [2.24, 2.45) is 0 Å². The molecule has 2 rings (SSSR count). The first-order chi connectivity index (χ1) is 10.2. The Bertz CT molecular complexity index is 461. The fraction of sp³-hybridized carbons (Fsp3) is 0.600. The zero-order valence-corrected chi connectivity index (χ0v) is 12.7. The van der Waals surface area contributed by atoms with Gasteiger partial charge in [0.15, 0.2) is 0 Å². The van der Waals surface area contributed by atoms with Crippen LogP contribution in [0.25, 0.3) is 0 Å². The number of amides is 3. The normalized spacial score (nSPS) is 15.8.